The van der Waals surface area contributed by atoms with Crippen molar-refractivity contribution in [3.8, 4) is 5.75 Å². The van der Waals surface area contributed by atoms with E-state index in [0.717, 1.165) is 37.2 Å². The van der Waals surface area contributed by atoms with Crippen LogP contribution in [-0.2, 0) is 10.2 Å². The van der Waals surface area contributed by atoms with Crippen molar-refractivity contribution in [2.24, 2.45) is 0 Å². The molecule has 1 saturated heterocycles. The Hall–Kier alpha value is -1.51. The van der Waals surface area contributed by atoms with Crippen LogP contribution in [0.5, 0.6) is 5.75 Å². The molecule has 0 atom stereocenters. The molecule has 0 aliphatic carbocycles. The molecule has 0 aromatic heterocycles. The number of amides is 1. The molecule has 0 unspecified atom stereocenters. The molecule has 3 heteroatoms. The maximum atomic E-state index is 12.8. The molecular weight excluding hydrogens is 250 g/mol. The molecule has 0 saturated carbocycles. The van der Waals surface area contributed by atoms with Gasteiger partial charge in [-0.3, -0.25) is 4.79 Å². The molecule has 1 heterocycles. The van der Waals surface area contributed by atoms with Gasteiger partial charge in [-0.15, -0.1) is 0 Å². The summed E-state index contributed by atoms with van der Waals surface area (Å²) in [5.41, 5.74) is 0.573. The lowest BCUT2D eigenvalue weighted by molar-refractivity contribution is -0.136. The molecule has 3 nitrogen and oxygen atoms in total. The number of hydrogen-bond acceptors (Lipinski definition) is 2. The summed E-state index contributed by atoms with van der Waals surface area (Å²) in [6.45, 7) is 5.83. The molecule has 0 bridgehead atoms. The Labute approximate surface area is 121 Å². The minimum Gasteiger partial charge on any atom is -0.497 e. The van der Waals surface area contributed by atoms with Crippen molar-refractivity contribution >= 4 is 5.91 Å². The van der Waals surface area contributed by atoms with Crippen LogP contribution in [0.3, 0.4) is 0 Å². The molecule has 1 aromatic carbocycles. The topological polar surface area (TPSA) is 29.5 Å². The van der Waals surface area contributed by atoms with Gasteiger partial charge in [-0.1, -0.05) is 25.0 Å². The third-order valence-electron chi connectivity index (χ3n) is 4.24. The average molecular weight is 275 g/mol. The first-order chi connectivity index (χ1) is 9.55. The van der Waals surface area contributed by atoms with Crippen LogP contribution in [0.15, 0.2) is 24.3 Å². The Morgan fingerprint density at radius 2 is 1.60 bits per heavy atom. The number of rotatable bonds is 3. The van der Waals surface area contributed by atoms with Crippen molar-refractivity contribution in [1.29, 1.82) is 0 Å². The van der Waals surface area contributed by atoms with Crippen molar-refractivity contribution in [2.75, 3.05) is 20.2 Å². The Kier molecular flexibility index (Phi) is 4.69. The van der Waals surface area contributed by atoms with Crippen LogP contribution < -0.4 is 4.74 Å². The number of hydrogen-bond donors (Lipinski definition) is 0. The van der Waals surface area contributed by atoms with Crippen molar-refractivity contribution in [1.82, 2.24) is 4.90 Å². The van der Waals surface area contributed by atoms with Crippen LogP contribution in [0.4, 0.5) is 0 Å². The Balaban J connectivity index is 2.16. The summed E-state index contributed by atoms with van der Waals surface area (Å²) < 4.78 is 5.18. The second kappa shape index (κ2) is 6.29. The Morgan fingerprint density at radius 1 is 1.05 bits per heavy atom. The van der Waals surface area contributed by atoms with E-state index in [-0.39, 0.29) is 5.91 Å². The summed E-state index contributed by atoms with van der Waals surface area (Å²) in [7, 11) is 1.66. The van der Waals surface area contributed by atoms with Crippen LogP contribution >= 0.6 is 0 Å². The monoisotopic (exact) mass is 275 g/mol. The van der Waals surface area contributed by atoms with Gasteiger partial charge in [0.1, 0.15) is 5.75 Å². The van der Waals surface area contributed by atoms with Crippen LogP contribution in [0, 0.1) is 0 Å². The Morgan fingerprint density at radius 3 is 2.10 bits per heavy atom. The quantitative estimate of drug-likeness (QED) is 0.846. The fourth-order valence-electron chi connectivity index (χ4n) is 2.80. The van der Waals surface area contributed by atoms with Crippen molar-refractivity contribution < 1.29 is 9.53 Å². The molecule has 1 amide bonds. The van der Waals surface area contributed by atoms with Gasteiger partial charge in [0.25, 0.3) is 0 Å². The molecule has 1 fully saturated rings. The number of nitrogens with zero attached hydrogens (tertiary/aromatic N) is 1. The molecule has 2 rings (SSSR count). The van der Waals surface area contributed by atoms with Gasteiger partial charge in [-0.2, -0.15) is 0 Å². The number of carbonyl (C=O) groups excluding carboxylic acids is 1. The lowest BCUT2D eigenvalue weighted by Crippen LogP contribution is -2.43. The van der Waals surface area contributed by atoms with Crippen LogP contribution in [0.1, 0.15) is 45.1 Å². The summed E-state index contributed by atoms with van der Waals surface area (Å²) in [5, 5.41) is 0. The van der Waals surface area contributed by atoms with E-state index in [9.17, 15) is 4.79 Å². The fraction of sp³-hybridized carbons (Fsp3) is 0.588. The SMILES string of the molecule is COc1ccc(C(C)(C)C(=O)N2CCCCCC2)cc1. The summed E-state index contributed by atoms with van der Waals surface area (Å²) in [5.74, 6) is 1.07. The third kappa shape index (κ3) is 3.14. The summed E-state index contributed by atoms with van der Waals surface area (Å²) in [4.78, 5) is 14.9. The summed E-state index contributed by atoms with van der Waals surface area (Å²) in [6.07, 6.45) is 4.74. The van der Waals surface area contributed by atoms with Gasteiger partial charge in [-0.05, 0) is 44.4 Å². The molecule has 0 spiro atoms. The minimum absolute atomic E-state index is 0.240. The van der Waals surface area contributed by atoms with E-state index in [0.29, 0.717) is 0 Å². The van der Waals surface area contributed by atoms with E-state index in [1.54, 1.807) is 7.11 Å². The van der Waals surface area contributed by atoms with Crippen molar-refractivity contribution in [3.05, 3.63) is 29.8 Å². The van der Waals surface area contributed by atoms with Gasteiger partial charge in [0, 0.05) is 13.1 Å². The van der Waals surface area contributed by atoms with Crippen LogP contribution in [0.2, 0.25) is 0 Å². The summed E-state index contributed by atoms with van der Waals surface area (Å²) >= 11 is 0. The molecule has 20 heavy (non-hydrogen) atoms. The predicted molar refractivity (Wildman–Crippen MR) is 81.1 cm³/mol. The fourth-order valence-corrected chi connectivity index (χ4v) is 2.80. The second-order valence-corrected chi connectivity index (χ2v) is 6.06. The number of methoxy groups -OCH3 is 1. The Bertz CT molecular complexity index is 443. The smallest absolute Gasteiger partial charge is 0.232 e. The van der Waals surface area contributed by atoms with E-state index < -0.39 is 5.41 Å². The van der Waals surface area contributed by atoms with Crippen molar-refractivity contribution in [3.63, 3.8) is 0 Å². The minimum atomic E-state index is -0.476. The van der Waals surface area contributed by atoms with Gasteiger partial charge >= 0.3 is 0 Å². The predicted octanol–water partition coefficient (Wildman–Crippen LogP) is 3.38. The molecular formula is C17H25NO2. The van der Waals surface area contributed by atoms with Crippen molar-refractivity contribution in [2.45, 2.75) is 44.9 Å². The third-order valence-corrected chi connectivity index (χ3v) is 4.24. The van der Waals surface area contributed by atoms with E-state index in [1.165, 1.54) is 12.8 Å². The normalized spacial score (nSPS) is 16.6. The molecule has 1 aliphatic heterocycles. The maximum absolute atomic E-state index is 12.8. The van der Waals surface area contributed by atoms with E-state index in [1.807, 2.05) is 43.0 Å². The van der Waals surface area contributed by atoms with Gasteiger partial charge in [-0.25, -0.2) is 0 Å². The van der Waals surface area contributed by atoms with Gasteiger partial charge in [0.05, 0.1) is 12.5 Å². The zero-order valence-electron chi connectivity index (χ0n) is 12.8. The number of benzene rings is 1. The molecule has 0 N–H and O–H groups in total. The second-order valence-electron chi connectivity index (χ2n) is 6.06. The number of ether oxygens (including phenoxy) is 1. The first kappa shape index (κ1) is 14.9. The molecule has 1 aliphatic rings. The largest absolute Gasteiger partial charge is 0.497 e. The lowest BCUT2D eigenvalue weighted by Gasteiger charge is -2.31. The first-order valence-electron chi connectivity index (χ1n) is 7.49. The summed E-state index contributed by atoms with van der Waals surface area (Å²) in [6, 6.07) is 7.84. The van der Waals surface area contributed by atoms with Gasteiger partial charge < -0.3 is 9.64 Å². The van der Waals surface area contributed by atoms with Gasteiger partial charge in [0.15, 0.2) is 0 Å². The van der Waals surface area contributed by atoms with Gasteiger partial charge in [0.2, 0.25) is 5.91 Å². The average Bonchev–Trinajstić information content (AvgIpc) is 2.75. The highest BCUT2D eigenvalue weighted by atomic mass is 16.5. The zero-order chi connectivity index (χ0) is 14.6. The molecule has 110 valence electrons. The highest BCUT2D eigenvalue weighted by Gasteiger charge is 2.33. The van der Waals surface area contributed by atoms with E-state index >= 15 is 0 Å². The molecule has 0 radical (unpaired) electrons. The van der Waals surface area contributed by atoms with E-state index in [4.69, 9.17) is 4.74 Å². The molecule has 1 aromatic rings. The standard InChI is InChI=1S/C17H25NO2/c1-17(2,14-8-10-15(20-3)11-9-14)16(19)18-12-6-4-5-7-13-18/h8-11H,4-7,12-13H2,1-3H3. The van der Waals surface area contributed by atoms with Crippen LogP contribution in [-0.4, -0.2) is 31.0 Å². The lowest BCUT2D eigenvalue weighted by atomic mass is 9.83. The first-order valence-corrected chi connectivity index (χ1v) is 7.49. The van der Waals surface area contributed by atoms with E-state index in [2.05, 4.69) is 0 Å². The number of carbonyl (C=O) groups is 1. The number of likely N-dealkylation sites (tertiary alicyclic amines) is 1. The highest BCUT2D eigenvalue weighted by Crippen LogP contribution is 2.28. The zero-order valence-corrected chi connectivity index (χ0v) is 12.8. The maximum Gasteiger partial charge on any atom is 0.232 e. The van der Waals surface area contributed by atoms with Crippen LogP contribution in [0.25, 0.3) is 0 Å². The highest BCUT2D eigenvalue weighted by molar-refractivity contribution is 5.87.